The number of carbonyl (C=O) groups excluding carboxylic acids is 2. The molecule has 0 bridgehead atoms. The molecule has 16 nitrogen and oxygen atoms in total. The highest BCUT2D eigenvalue weighted by Gasteiger charge is 2.40. The summed E-state index contributed by atoms with van der Waals surface area (Å²) < 4.78 is 80.7. The molecule has 20 heteroatoms. The Morgan fingerprint density at radius 2 is 0.929 bits per heavy atom. The topological polar surface area (TPSA) is 224 Å². The van der Waals surface area contributed by atoms with Gasteiger partial charge in [-0.25, -0.2) is 18.4 Å². The van der Waals surface area contributed by atoms with E-state index < -0.39 is 33.8 Å². The van der Waals surface area contributed by atoms with Gasteiger partial charge in [-0.05, 0) is 71.8 Å². The average molecular weight is 1010 g/mol. The summed E-state index contributed by atoms with van der Waals surface area (Å²) in [5, 5.41) is 11.6. The van der Waals surface area contributed by atoms with Crippen molar-refractivity contribution in [3.8, 4) is 0 Å². The van der Waals surface area contributed by atoms with Crippen LogP contribution >= 0.6 is 0 Å². The number of nitrogens with one attached hydrogen (secondary N) is 4. The number of ether oxygens (including phenoxy) is 6. The lowest BCUT2D eigenvalue weighted by atomic mass is 9.90. The van der Waals surface area contributed by atoms with E-state index in [0.29, 0.717) is 74.6 Å². The fourth-order valence-corrected chi connectivity index (χ4v) is 10.7. The Balaban J connectivity index is 0.000000183. The number of hydrogen-bond donors (Lipinski definition) is 6. The SMILES string of the molecule is CC1(COC(=O)Nc2ccc(NCc3ccc(F)cc3)cc2N)COC1.CC1(CS(=O)CC2(C)COC2)COC1.CC1(CS(=O)CCOC(=O)Nc2ccc(NCc3ccc(F)cc3)cc2N)COC1. The Labute approximate surface area is 413 Å². The molecular formula is C50H66F2N6O10S2. The van der Waals surface area contributed by atoms with Gasteiger partial charge in [-0.3, -0.25) is 19.1 Å². The Morgan fingerprint density at radius 1 is 0.557 bits per heavy atom. The quantitative estimate of drug-likeness (QED) is 0.0494. The van der Waals surface area contributed by atoms with Crippen molar-refractivity contribution in [3.05, 3.63) is 108 Å². The second-order valence-electron chi connectivity index (χ2n) is 19.8. The van der Waals surface area contributed by atoms with Crippen molar-refractivity contribution in [2.75, 3.05) is 122 Å². The lowest BCUT2D eigenvalue weighted by Gasteiger charge is -2.41. The molecule has 382 valence electrons. The lowest BCUT2D eigenvalue weighted by Crippen LogP contribution is -2.48. The Kier molecular flexibility index (Phi) is 19.0. The van der Waals surface area contributed by atoms with Crippen molar-refractivity contribution in [2.45, 2.75) is 40.8 Å². The summed E-state index contributed by atoms with van der Waals surface area (Å²) in [6.07, 6.45) is -1.19. The average Bonchev–Trinajstić information content (AvgIpc) is 3.27. The Bertz CT molecular complexity index is 2390. The maximum absolute atomic E-state index is 12.9. The summed E-state index contributed by atoms with van der Waals surface area (Å²) in [4.78, 5) is 23.9. The second-order valence-corrected chi connectivity index (χ2v) is 22.8. The first-order valence-corrected chi connectivity index (χ1v) is 25.9. The third-order valence-corrected chi connectivity index (χ3v) is 15.3. The van der Waals surface area contributed by atoms with E-state index in [1.165, 1.54) is 24.3 Å². The molecule has 4 aliphatic rings. The lowest BCUT2D eigenvalue weighted by molar-refractivity contribution is -0.125. The molecule has 0 aromatic heterocycles. The van der Waals surface area contributed by atoms with Crippen molar-refractivity contribution in [1.29, 1.82) is 0 Å². The van der Waals surface area contributed by atoms with Gasteiger partial charge in [0.1, 0.15) is 24.8 Å². The molecule has 8 N–H and O–H groups in total. The van der Waals surface area contributed by atoms with Gasteiger partial charge < -0.3 is 50.5 Å². The number of benzene rings is 4. The molecule has 4 aromatic carbocycles. The van der Waals surface area contributed by atoms with Crippen LogP contribution in [0.15, 0.2) is 84.9 Å². The smallest absolute Gasteiger partial charge is 0.411 e. The summed E-state index contributed by atoms with van der Waals surface area (Å²) in [5.74, 6) is 1.84. The van der Waals surface area contributed by atoms with E-state index in [-0.39, 0.29) is 45.7 Å². The van der Waals surface area contributed by atoms with Crippen molar-refractivity contribution < 1.29 is 55.2 Å². The van der Waals surface area contributed by atoms with E-state index in [4.69, 9.17) is 39.9 Å². The predicted octanol–water partition coefficient (Wildman–Crippen LogP) is 7.77. The fraction of sp³-hybridized carbons (Fsp3) is 0.480. The molecule has 1 unspecified atom stereocenters. The van der Waals surface area contributed by atoms with E-state index in [0.717, 1.165) is 60.4 Å². The predicted molar refractivity (Wildman–Crippen MR) is 271 cm³/mol. The summed E-state index contributed by atoms with van der Waals surface area (Å²) in [6.45, 7) is 15.2. The van der Waals surface area contributed by atoms with Gasteiger partial charge in [0.15, 0.2) is 0 Å². The normalized spacial score (nSPS) is 17.9. The molecule has 4 aliphatic heterocycles. The zero-order valence-corrected chi connectivity index (χ0v) is 41.8. The molecule has 4 saturated heterocycles. The van der Waals surface area contributed by atoms with Crippen LogP contribution in [0.5, 0.6) is 0 Å². The number of halogens is 2. The number of carbonyl (C=O) groups is 2. The van der Waals surface area contributed by atoms with Crippen LogP contribution in [0, 0.1) is 33.3 Å². The zero-order valence-electron chi connectivity index (χ0n) is 40.2. The first-order valence-electron chi connectivity index (χ1n) is 22.9. The minimum Gasteiger partial charge on any atom is -0.449 e. The molecule has 0 radical (unpaired) electrons. The molecule has 4 heterocycles. The fourth-order valence-electron chi connectivity index (χ4n) is 7.37. The number of amides is 2. The summed E-state index contributed by atoms with van der Waals surface area (Å²) >= 11 is 0. The number of anilines is 6. The molecule has 70 heavy (non-hydrogen) atoms. The number of rotatable bonds is 19. The number of nitrogens with two attached hydrogens (primary N) is 2. The highest BCUT2D eigenvalue weighted by molar-refractivity contribution is 7.85. The highest BCUT2D eigenvalue weighted by atomic mass is 32.2. The number of hydrogen-bond acceptors (Lipinski definition) is 14. The largest absolute Gasteiger partial charge is 0.449 e. The van der Waals surface area contributed by atoms with Gasteiger partial charge in [-0.2, -0.15) is 0 Å². The maximum Gasteiger partial charge on any atom is 0.411 e. The monoisotopic (exact) mass is 1010 g/mol. The van der Waals surface area contributed by atoms with Crippen molar-refractivity contribution in [3.63, 3.8) is 0 Å². The van der Waals surface area contributed by atoms with Crippen LogP contribution in [0.2, 0.25) is 0 Å². The van der Waals surface area contributed by atoms with Crippen LogP contribution in [0.4, 0.5) is 52.5 Å². The molecule has 0 saturated carbocycles. The molecule has 0 aliphatic carbocycles. The highest BCUT2D eigenvalue weighted by Crippen LogP contribution is 2.33. The summed E-state index contributed by atoms with van der Waals surface area (Å²) in [5.41, 5.74) is 17.4. The van der Waals surface area contributed by atoms with E-state index in [1.807, 2.05) is 13.8 Å². The summed E-state index contributed by atoms with van der Waals surface area (Å²) in [7, 11) is -1.78. The molecule has 0 spiro atoms. The minimum atomic E-state index is -1.07. The third-order valence-electron chi connectivity index (χ3n) is 11.6. The molecule has 2 amide bonds. The number of nitrogen functional groups attached to an aromatic ring is 2. The first kappa shape index (κ1) is 54.0. The van der Waals surface area contributed by atoms with Crippen LogP contribution < -0.4 is 32.7 Å². The van der Waals surface area contributed by atoms with Crippen LogP contribution in [0.25, 0.3) is 0 Å². The third kappa shape index (κ3) is 17.2. The molecule has 8 rings (SSSR count). The second kappa shape index (κ2) is 24.6. The molecular weight excluding hydrogens is 947 g/mol. The minimum absolute atomic E-state index is 0.0337. The standard InChI is InChI=1S/C21H26FN3O4S.C19H22FN3O3.C10H18O3S/c1-21(12-28-13-21)14-30(27)9-8-29-20(26)25-19-7-6-17(10-18(19)23)24-11-15-2-4-16(22)5-3-15;1-19(10-25-11-19)12-26-18(24)23-17-7-6-15(8-16(17)21)22-9-13-2-4-14(20)5-3-13;1-9(3-12-4-9)7-14(11)8-10(2)5-13-6-10/h2-7,10,24H,8-9,11-14,23H2,1H3,(H,25,26);2-8,22H,9-12,21H2,1H3,(H,23,24);3-8H2,1-2H3. The van der Waals surface area contributed by atoms with Crippen LogP contribution in [-0.4, -0.2) is 110 Å². The van der Waals surface area contributed by atoms with Gasteiger partial charge in [-0.15, -0.1) is 0 Å². The van der Waals surface area contributed by atoms with Gasteiger partial charge in [0.2, 0.25) is 0 Å². The van der Waals surface area contributed by atoms with Crippen LogP contribution in [0.1, 0.15) is 38.8 Å². The van der Waals surface area contributed by atoms with Crippen molar-refractivity contribution >= 4 is 67.9 Å². The van der Waals surface area contributed by atoms with E-state index in [1.54, 1.807) is 60.7 Å². The van der Waals surface area contributed by atoms with Gasteiger partial charge in [0.25, 0.3) is 0 Å². The van der Waals surface area contributed by atoms with Gasteiger partial charge in [-0.1, -0.05) is 52.0 Å². The molecule has 4 fully saturated rings. The van der Waals surface area contributed by atoms with Crippen LogP contribution in [0.3, 0.4) is 0 Å². The van der Waals surface area contributed by atoms with Crippen molar-refractivity contribution in [1.82, 2.24) is 0 Å². The summed E-state index contributed by atoms with van der Waals surface area (Å²) in [6, 6.07) is 22.8. The van der Waals surface area contributed by atoms with E-state index >= 15 is 0 Å². The van der Waals surface area contributed by atoms with Gasteiger partial charge >= 0.3 is 12.2 Å². The van der Waals surface area contributed by atoms with Gasteiger partial charge in [0.05, 0.1) is 81.4 Å². The van der Waals surface area contributed by atoms with Gasteiger partial charge in [0, 0.05) is 85.0 Å². The van der Waals surface area contributed by atoms with E-state index in [9.17, 15) is 26.8 Å². The Morgan fingerprint density at radius 3 is 1.29 bits per heavy atom. The van der Waals surface area contributed by atoms with Crippen LogP contribution in [-0.2, 0) is 63.1 Å². The molecule has 1 atom stereocenters. The van der Waals surface area contributed by atoms with Crippen molar-refractivity contribution in [2.24, 2.45) is 21.7 Å². The zero-order chi connectivity index (χ0) is 50.4. The Hall–Kier alpha value is -5.38. The first-order chi connectivity index (χ1) is 33.3. The maximum atomic E-state index is 12.9. The van der Waals surface area contributed by atoms with E-state index in [2.05, 4.69) is 35.1 Å². The molecule has 4 aromatic rings.